The Balaban J connectivity index is 1.53. The van der Waals surface area contributed by atoms with Gasteiger partial charge in [0, 0.05) is 0 Å². The molecule has 2 N–H and O–H groups in total. The van der Waals surface area contributed by atoms with Crippen LogP contribution in [0.5, 0.6) is 5.75 Å². The summed E-state index contributed by atoms with van der Waals surface area (Å²) in [6.07, 6.45) is 1.46. The van der Waals surface area contributed by atoms with Crippen molar-refractivity contribution in [2.45, 2.75) is 18.1 Å². The van der Waals surface area contributed by atoms with Crippen molar-refractivity contribution < 1.29 is 9.53 Å². The van der Waals surface area contributed by atoms with E-state index in [4.69, 9.17) is 4.74 Å². The first-order valence-corrected chi connectivity index (χ1v) is 10.6. The highest BCUT2D eigenvalue weighted by molar-refractivity contribution is 7.99. The average molecular weight is 436 g/mol. The van der Waals surface area contributed by atoms with E-state index >= 15 is 0 Å². The summed E-state index contributed by atoms with van der Waals surface area (Å²) in [5.74, 6) is 0.711. The zero-order chi connectivity index (χ0) is 21.8. The summed E-state index contributed by atoms with van der Waals surface area (Å²) in [6, 6.07) is 16.6. The molecule has 31 heavy (non-hydrogen) atoms. The second kappa shape index (κ2) is 9.05. The lowest BCUT2D eigenvalue weighted by Crippen LogP contribution is -2.29. The summed E-state index contributed by atoms with van der Waals surface area (Å²) >= 11 is 1.20. The van der Waals surface area contributed by atoms with E-state index in [9.17, 15) is 9.59 Å². The topological polar surface area (TPSA) is 102 Å². The molecular formula is C22H21N5O3S. The van der Waals surface area contributed by atoms with Crippen molar-refractivity contribution in [3.05, 3.63) is 76.7 Å². The molecule has 1 amide bonds. The number of para-hydroxylation sites is 1. The normalized spacial score (nSPS) is 11.9. The molecule has 4 rings (SSSR count). The van der Waals surface area contributed by atoms with Gasteiger partial charge in [-0.25, -0.2) is 4.98 Å². The third kappa shape index (κ3) is 4.46. The van der Waals surface area contributed by atoms with Crippen LogP contribution in [0.4, 0.5) is 0 Å². The molecule has 0 unspecified atom stereocenters. The summed E-state index contributed by atoms with van der Waals surface area (Å²) in [5.41, 5.74) is 1.81. The van der Waals surface area contributed by atoms with Crippen LogP contribution >= 0.6 is 11.8 Å². The van der Waals surface area contributed by atoms with Crippen LogP contribution in [0, 0.1) is 0 Å². The number of methoxy groups -OCH3 is 1. The Labute approximate surface area is 182 Å². The zero-order valence-electron chi connectivity index (χ0n) is 17.0. The third-order valence-electron chi connectivity index (χ3n) is 4.79. The molecule has 4 aromatic rings. The van der Waals surface area contributed by atoms with Crippen LogP contribution in [0.25, 0.3) is 16.7 Å². The van der Waals surface area contributed by atoms with Gasteiger partial charge in [0.15, 0.2) is 10.8 Å². The third-order valence-corrected chi connectivity index (χ3v) is 5.73. The second-order valence-corrected chi connectivity index (χ2v) is 7.80. The van der Waals surface area contributed by atoms with Gasteiger partial charge in [-0.1, -0.05) is 42.1 Å². The lowest BCUT2D eigenvalue weighted by Gasteiger charge is -2.15. The smallest absolute Gasteiger partial charge is 0.269 e. The van der Waals surface area contributed by atoms with Crippen LogP contribution in [-0.4, -0.2) is 38.5 Å². The molecular weight excluding hydrogens is 414 g/mol. The van der Waals surface area contributed by atoms with Gasteiger partial charge < -0.3 is 10.1 Å². The molecule has 0 bridgehead atoms. The number of H-pyrrole nitrogens is 1. The van der Waals surface area contributed by atoms with Crippen molar-refractivity contribution >= 4 is 28.7 Å². The molecule has 158 valence electrons. The molecule has 0 radical (unpaired) electrons. The molecule has 2 aromatic heterocycles. The van der Waals surface area contributed by atoms with Crippen LogP contribution in [0.15, 0.2) is 70.7 Å². The highest BCUT2D eigenvalue weighted by Crippen LogP contribution is 2.21. The highest BCUT2D eigenvalue weighted by Gasteiger charge is 2.17. The van der Waals surface area contributed by atoms with Crippen LogP contribution in [0.1, 0.15) is 18.5 Å². The quantitative estimate of drug-likeness (QED) is 0.342. The summed E-state index contributed by atoms with van der Waals surface area (Å²) < 4.78 is 6.67. The van der Waals surface area contributed by atoms with Crippen LogP contribution in [0.3, 0.4) is 0 Å². The Kier molecular flexibility index (Phi) is 6.03. The number of fused-ring (bicyclic) bond motifs is 1. The van der Waals surface area contributed by atoms with E-state index in [1.165, 1.54) is 22.5 Å². The number of ether oxygens (including phenoxy) is 1. The Morgan fingerprint density at radius 3 is 2.65 bits per heavy atom. The predicted octanol–water partition coefficient (Wildman–Crippen LogP) is 3.09. The van der Waals surface area contributed by atoms with Crippen molar-refractivity contribution in [2.75, 3.05) is 12.9 Å². The Hall–Kier alpha value is -3.59. The van der Waals surface area contributed by atoms with Gasteiger partial charge in [0.05, 0.1) is 30.8 Å². The van der Waals surface area contributed by atoms with Gasteiger partial charge >= 0.3 is 0 Å². The van der Waals surface area contributed by atoms with Gasteiger partial charge in [-0.2, -0.15) is 5.10 Å². The van der Waals surface area contributed by atoms with Crippen molar-refractivity contribution in [3.63, 3.8) is 0 Å². The SMILES string of the molecule is COc1ccc([C@H](C)NC(=O)CSc2nc3[nH]ncc3c(=O)n2-c2ccccc2)cc1. The first kappa shape index (κ1) is 20.7. The molecule has 0 saturated carbocycles. The van der Waals surface area contributed by atoms with E-state index in [1.54, 1.807) is 7.11 Å². The molecule has 0 saturated heterocycles. The van der Waals surface area contributed by atoms with Gasteiger partial charge in [-0.05, 0) is 36.8 Å². The minimum atomic E-state index is -0.237. The molecule has 0 fully saturated rings. The number of amides is 1. The van der Waals surface area contributed by atoms with Gasteiger partial charge in [0.2, 0.25) is 5.91 Å². The number of thioether (sulfide) groups is 1. The number of aromatic amines is 1. The minimum Gasteiger partial charge on any atom is -0.497 e. The van der Waals surface area contributed by atoms with E-state index in [0.29, 0.717) is 21.9 Å². The highest BCUT2D eigenvalue weighted by atomic mass is 32.2. The Bertz CT molecular complexity index is 1250. The van der Waals surface area contributed by atoms with Gasteiger partial charge in [-0.15, -0.1) is 0 Å². The maximum atomic E-state index is 13.0. The van der Waals surface area contributed by atoms with Crippen molar-refractivity contribution in [1.82, 2.24) is 25.1 Å². The molecule has 0 aliphatic rings. The average Bonchev–Trinajstić information content (AvgIpc) is 3.27. The number of aromatic nitrogens is 4. The van der Waals surface area contributed by atoms with E-state index in [0.717, 1.165) is 11.3 Å². The van der Waals surface area contributed by atoms with Crippen molar-refractivity contribution in [1.29, 1.82) is 0 Å². The number of nitrogens with zero attached hydrogens (tertiary/aromatic N) is 3. The Morgan fingerprint density at radius 2 is 1.94 bits per heavy atom. The number of carbonyl (C=O) groups is 1. The number of hydrogen-bond donors (Lipinski definition) is 2. The minimum absolute atomic E-state index is 0.111. The largest absolute Gasteiger partial charge is 0.497 e. The van der Waals surface area contributed by atoms with Crippen LogP contribution in [-0.2, 0) is 4.79 Å². The van der Waals surface area contributed by atoms with Gasteiger partial charge in [0.25, 0.3) is 5.56 Å². The molecule has 2 aromatic carbocycles. The molecule has 9 heteroatoms. The molecule has 2 heterocycles. The number of nitrogens with one attached hydrogen (secondary N) is 2. The maximum Gasteiger partial charge on any atom is 0.269 e. The van der Waals surface area contributed by atoms with Gasteiger partial charge in [0.1, 0.15) is 11.1 Å². The van der Waals surface area contributed by atoms with Crippen LogP contribution < -0.4 is 15.6 Å². The number of hydrogen-bond acceptors (Lipinski definition) is 6. The Morgan fingerprint density at radius 1 is 1.19 bits per heavy atom. The van der Waals surface area contributed by atoms with Crippen molar-refractivity contribution in [2.24, 2.45) is 0 Å². The zero-order valence-corrected chi connectivity index (χ0v) is 17.8. The van der Waals surface area contributed by atoms with E-state index in [2.05, 4.69) is 20.5 Å². The lowest BCUT2D eigenvalue weighted by atomic mass is 10.1. The predicted molar refractivity (Wildman–Crippen MR) is 120 cm³/mol. The second-order valence-electron chi connectivity index (χ2n) is 6.85. The number of carbonyl (C=O) groups excluding carboxylic acids is 1. The van der Waals surface area contributed by atoms with E-state index in [1.807, 2.05) is 61.5 Å². The van der Waals surface area contributed by atoms with E-state index in [-0.39, 0.29) is 23.3 Å². The molecule has 0 spiro atoms. The molecule has 0 aliphatic heterocycles. The monoisotopic (exact) mass is 435 g/mol. The standard InChI is InChI=1S/C22H21N5O3S/c1-14(15-8-10-17(30-2)11-9-15)24-19(28)13-31-22-25-20-18(12-23-26-20)21(29)27(22)16-6-4-3-5-7-16/h3-12,14H,13H2,1-2H3,(H,23,26)(H,24,28)/t14-/m0/s1. The number of benzene rings is 2. The fourth-order valence-electron chi connectivity index (χ4n) is 3.16. The number of rotatable bonds is 7. The fraction of sp³-hybridized carbons (Fsp3) is 0.182. The maximum absolute atomic E-state index is 13.0. The van der Waals surface area contributed by atoms with Crippen LogP contribution in [0.2, 0.25) is 0 Å². The van der Waals surface area contributed by atoms with Gasteiger partial charge in [-0.3, -0.25) is 19.3 Å². The first-order chi connectivity index (χ1) is 15.1. The van der Waals surface area contributed by atoms with Crippen molar-refractivity contribution in [3.8, 4) is 11.4 Å². The summed E-state index contributed by atoms with van der Waals surface area (Å²) in [7, 11) is 1.61. The van der Waals surface area contributed by atoms with E-state index < -0.39 is 0 Å². The molecule has 8 nitrogen and oxygen atoms in total. The first-order valence-electron chi connectivity index (χ1n) is 9.64. The summed E-state index contributed by atoms with van der Waals surface area (Å²) in [5, 5.41) is 10.4. The molecule has 1 atom stereocenters. The molecule has 0 aliphatic carbocycles. The fourth-order valence-corrected chi connectivity index (χ4v) is 3.98. The lowest BCUT2D eigenvalue weighted by molar-refractivity contribution is -0.119. The summed E-state index contributed by atoms with van der Waals surface area (Å²) in [6.45, 7) is 1.92. The summed E-state index contributed by atoms with van der Waals surface area (Å²) in [4.78, 5) is 30.1.